The quantitative estimate of drug-likeness (QED) is 0.760. The molecular formula is C15H19N3O2S. The molecule has 21 heavy (non-hydrogen) atoms. The van der Waals surface area contributed by atoms with E-state index in [4.69, 9.17) is 4.74 Å². The molecule has 2 aromatic heterocycles. The van der Waals surface area contributed by atoms with E-state index < -0.39 is 0 Å². The van der Waals surface area contributed by atoms with E-state index in [-0.39, 0.29) is 5.91 Å². The van der Waals surface area contributed by atoms with Crippen molar-refractivity contribution in [3.05, 3.63) is 35.5 Å². The van der Waals surface area contributed by atoms with Crippen LogP contribution in [-0.4, -0.2) is 36.1 Å². The highest BCUT2D eigenvalue weighted by atomic mass is 32.1. The van der Waals surface area contributed by atoms with Crippen LogP contribution >= 0.6 is 11.3 Å². The van der Waals surface area contributed by atoms with Gasteiger partial charge in [-0.05, 0) is 25.0 Å². The fourth-order valence-corrected chi connectivity index (χ4v) is 2.63. The standard InChI is InChI=1S/C15H19N3O2S/c1-20-10-4-9-17-14(19)7-6-12-11-21-15(18-12)13-5-2-3-8-16-13/h2-3,5,8,11H,4,6-7,9-10H2,1H3,(H,17,19). The van der Waals surface area contributed by atoms with Crippen molar-refractivity contribution in [3.63, 3.8) is 0 Å². The molecule has 0 saturated carbocycles. The Labute approximate surface area is 128 Å². The maximum atomic E-state index is 11.7. The van der Waals surface area contributed by atoms with Gasteiger partial charge in [0.05, 0.1) is 11.4 Å². The Morgan fingerprint density at radius 2 is 2.33 bits per heavy atom. The molecule has 1 amide bonds. The maximum Gasteiger partial charge on any atom is 0.220 e. The SMILES string of the molecule is COCCCNC(=O)CCc1csc(-c2ccccn2)n1. The van der Waals surface area contributed by atoms with Crippen molar-refractivity contribution in [2.75, 3.05) is 20.3 Å². The van der Waals surface area contributed by atoms with Crippen molar-refractivity contribution in [2.24, 2.45) is 0 Å². The highest BCUT2D eigenvalue weighted by Gasteiger charge is 2.07. The normalized spacial score (nSPS) is 10.5. The van der Waals surface area contributed by atoms with E-state index in [0.29, 0.717) is 26.0 Å². The average molecular weight is 305 g/mol. The van der Waals surface area contributed by atoms with Crippen LogP contribution in [0.4, 0.5) is 0 Å². The Kier molecular flexibility index (Phi) is 6.30. The third-order valence-electron chi connectivity index (χ3n) is 2.89. The molecule has 6 heteroatoms. The van der Waals surface area contributed by atoms with Gasteiger partial charge in [-0.3, -0.25) is 9.78 Å². The Bertz CT molecular complexity index is 557. The van der Waals surface area contributed by atoms with E-state index in [1.165, 1.54) is 0 Å². The molecule has 5 nitrogen and oxygen atoms in total. The average Bonchev–Trinajstić information content (AvgIpc) is 2.99. The van der Waals surface area contributed by atoms with Crippen LogP contribution in [0.2, 0.25) is 0 Å². The molecule has 0 radical (unpaired) electrons. The maximum absolute atomic E-state index is 11.7. The molecule has 0 aliphatic carbocycles. The van der Waals surface area contributed by atoms with Gasteiger partial charge in [-0.2, -0.15) is 0 Å². The first kappa shape index (κ1) is 15.6. The number of nitrogens with zero attached hydrogens (tertiary/aromatic N) is 2. The summed E-state index contributed by atoms with van der Waals surface area (Å²) in [7, 11) is 1.66. The van der Waals surface area contributed by atoms with Crippen molar-refractivity contribution in [3.8, 4) is 10.7 Å². The molecule has 2 rings (SSSR count). The predicted octanol–water partition coefficient (Wildman–Crippen LogP) is 2.29. The van der Waals surface area contributed by atoms with Crippen LogP contribution in [0.3, 0.4) is 0 Å². The number of amides is 1. The first-order valence-electron chi connectivity index (χ1n) is 6.91. The molecule has 0 atom stereocenters. The van der Waals surface area contributed by atoms with Gasteiger partial charge in [-0.1, -0.05) is 6.07 Å². The highest BCUT2D eigenvalue weighted by Crippen LogP contribution is 2.21. The van der Waals surface area contributed by atoms with Crippen molar-refractivity contribution < 1.29 is 9.53 Å². The second-order valence-corrected chi connectivity index (χ2v) is 5.41. The summed E-state index contributed by atoms with van der Waals surface area (Å²) in [5, 5.41) is 5.75. The molecule has 0 unspecified atom stereocenters. The predicted molar refractivity (Wildman–Crippen MR) is 83.2 cm³/mol. The summed E-state index contributed by atoms with van der Waals surface area (Å²) in [6.45, 7) is 1.32. The fraction of sp³-hybridized carbons (Fsp3) is 0.400. The van der Waals surface area contributed by atoms with Crippen LogP contribution < -0.4 is 5.32 Å². The molecule has 0 fully saturated rings. The minimum atomic E-state index is 0.0542. The Morgan fingerprint density at radius 3 is 3.10 bits per heavy atom. The summed E-state index contributed by atoms with van der Waals surface area (Å²) in [6.07, 6.45) is 3.70. The summed E-state index contributed by atoms with van der Waals surface area (Å²) >= 11 is 1.56. The van der Waals surface area contributed by atoms with E-state index >= 15 is 0 Å². The molecule has 0 bridgehead atoms. The zero-order chi connectivity index (χ0) is 14.9. The number of pyridine rings is 1. The first-order valence-corrected chi connectivity index (χ1v) is 7.79. The molecule has 112 valence electrons. The van der Waals surface area contributed by atoms with Gasteiger partial charge < -0.3 is 10.1 Å². The smallest absolute Gasteiger partial charge is 0.220 e. The number of hydrogen-bond acceptors (Lipinski definition) is 5. The molecule has 0 spiro atoms. The number of aromatic nitrogens is 2. The number of carbonyl (C=O) groups excluding carboxylic acids is 1. The zero-order valence-electron chi connectivity index (χ0n) is 12.0. The molecule has 2 heterocycles. The Balaban J connectivity index is 1.77. The second kappa shape index (κ2) is 8.49. The molecule has 2 aromatic rings. The van der Waals surface area contributed by atoms with Crippen LogP contribution in [0.15, 0.2) is 29.8 Å². The largest absolute Gasteiger partial charge is 0.385 e. The van der Waals surface area contributed by atoms with Crippen LogP contribution in [0, 0.1) is 0 Å². The van der Waals surface area contributed by atoms with E-state index in [1.54, 1.807) is 24.6 Å². The fourth-order valence-electron chi connectivity index (χ4n) is 1.80. The molecule has 1 N–H and O–H groups in total. The van der Waals surface area contributed by atoms with E-state index in [9.17, 15) is 4.79 Å². The summed E-state index contributed by atoms with van der Waals surface area (Å²) in [5.74, 6) is 0.0542. The van der Waals surface area contributed by atoms with Gasteiger partial charge in [0.25, 0.3) is 0 Å². The van der Waals surface area contributed by atoms with Crippen LogP contribution in [0.25, 0.3) is 10.7 Å². The van der Waals surface area contributed by atoms with Gasteiger partial charge in [0.1, 0.15) is 5.01 Å². The van der Waals surface area contributed by atoms with E-state index in [0.717, 1.165) is 22.8 Å². The number of rotatable bonds is 8. The van der Waals surface area contributed by atoms with Crippen molar-refractivity contribution in [2.45, 2.75) is 19.3 Å². The zero-order valence-corrected chi connectivity index (χ0v) is 12.9. The number of ether oxygens (including phenoxy) is 1. The van der Waals surface area contributed by atoms with Crippen molar-refractivity contribution in [1.82, 2.24) is 15.3 Å². The minimum absolute atomic E-state index is 0.0542. The monoisotopic (exact) mass is 305 g/mol. The van der Waals surface area contributed by atoms with Gasteiger partial charge in [0.15, 0.2) is 0 Å². The lowest BCUT2D eigenvalue weighted by molar-refractivity contribution is -0.121. The number of thiazole rings is 1. The minimum Gasteiger partial charge on any atom is -0.385 e. The van der Waals surface area contributed by atoms with Gasteiger partial charge in [0.2, 0.25) is 5.91 Å². The summed E-state index contributed by atoms with van der Waals surface area (Å²) in [4.78, 5) is 20.5. The molecule has 0 saturated heterocycles. The molecular weight excluding hydrogens is 286 g/mol. The lowest BCUT2D eigenvalue weighted by Crippen LogP contribution is -2.25. The summed E-state index contributed by atoms with van der Waals surface area (Å²) < 4.78 is 4.93. The lowest BCUT2D eigenvalue weighted by atomic mass is 10.2. The van der Waals surface area contributed by atoms with Gasteiger partial charge in [-0.25, -0.2) is 4.98 Å². The third-order valence-corrected chi connectivity index (χ3v) is 3.80. The number of aryl methyl sites for hydroxylation is 1. The number of methoxy groups -OCH3 is 1. The third kappa shape index (κ3) is 5.24. The first-order chi connectivity index (χ1) is 10.3. The van der Waals surface area contributed by atoms with Crippen molar-refractivity contribution >= 4 is 17.2 Å². The van der Waals surface area contributed by atoms with Crippen LogP contribution in [0.1, 0.15) is 18.5 Å². The van der Waals surface area contributed by atoms with Gasteiger partial charge >= 0.3 is 0 Å². The lowest BCUT2D eigenvalue weighted by Gasteiger charge is -2.03. The number of nitrogens with one attached hydrogen (secondary N) is 1. The van der Waals surface area contributed by atoms with E-state index in [2.05, 4.69) is 15.3 Å². The summed E-state index contributed by atoms with van der Waals surface area (Å²) in [6, 6.07) is 5.76. The van der Waals surface area contributed by atoms with E-state index in [1.807, 2.05) is 23.6 Å². The molecule has 0 aromatic carbocycles. The van der Waals surface area contributed by atoms with Crippen molar-refractivity contribution in [1.29, 1.82) is 0 Å². The highest BCUT2D eigenvalue weighted by molar-refractivity contribution is 7.13. The van der Waals surface area contributed by atoms with Crippen LogP contribution in [-0.2, 0) is 16.0 Å². The second-order valence-electron chi connectivity index (χ2n) is 4.56. The van der Waals surface area contributed by atoms with Crippen LogP contribution in [0.5, 0.6) is 0 Å². The summed E-state index contributed by atoms with van der Waals surface area (Å²) in [5.41, 5.74) is 1.81. The number of carbonyl (C=O) groups is 1. The Hall–Kier alpha value is -1.79. The van der Waals surface area contributed by atoms with Gasteiger partial charge in [-0.15, -0.1) is 11.3 Å². The Morgan fingerprint density at radius 1 is 1.43 bits per heavy atom. The number of hydrogen-bond donors (Lipinski definition) is 1. The molecule has 0 aliphatic heterocycles. The van der Waals surface area contributed by atoms with Gasteiger partial charge in [0, 0.05) is 38.3 Å². The topological polar surface area (TPSA) is 64.1 Å². The molecule has 0 aliphatic rings.